The van der Waals surface area contributed by atoms with Gasteiger partial charge in [-0.15, -0.1) is 11.3 Å². The van der Waals surface area contributed by atoms with Crippen molar-refractivity contribution in [2.45, 2.75) is 89.0 Å². The number of aromatic nitrogens is 1. The molecule has 0 saturated heterocycles. The van der Waals surface area contributed by atoms with Crippen LogP contribution >= 0.6 is 11.3 Å². The normalized spacial score (nSPS) is 29.5. The van der Waals surface area contributed by atoms with Gasteiger partial charge in [-0.3, -0.25) is 0 Å². The second-order valence-electron chi connectivity index (χ2n) is 10.1. The Morgan fingerprint density at radius 1 is 1.00 bits per heavy atom. The maximum atomic E-state index is 6.11. The van der Waals surface area contributed by atoms with E-state index in [0.717, 1.165) is 31.4 Å². The van der Waals surface area contributed by atoms with Crippen LogP contribution in [0.25, 0.3) is 11.3 Å². The Morgan fingerprint density at radius 2 is 1.65 bits per heavy atom. The molecule has 2 aromatic rings. The molecule has 4 rings (SSSR count). The number of rotatable bonds is 2. The van der Waals surface area contributed by atoms with Crippen LogP contribution in [0.1, 0.15) is 82.9 Å². The van der Waals surface area contributed by atoms with E-state index in [1.165, 1.54) is 28.1 Å². The van der Waals surface area contributed by atoms with Gasteiger partial charge in [0.15, 0.2) is 0 Å². The fourth-order valence-corrected chi connectivity index (χ4v) is 6.38. The summed E-state index contributed by atoms with van der Waals surface area (Å²) >= 11 is 1.83. The Bertz CT molecular complexity index is 822. The van der Waals surface area contributed by atoms with Crippen LogP contribution in [0.15, 0.2) is 23.6 Å². The third-order valence-electron chi connectivity index (χ3n) is 6.81. The highest BCUT2D eigenvalue weighted by molar-refractivity contribution is 7.10. The zero-order valence-corrected chi connectivity index (χ0v) is 17.7. The smallest absolute Gasteiger partial charge is 0.0991 e. The summed E-state index contributed by atoms with van der Waals surface area (Å²) in [4.78, 5) is 5.09. The zero-order chi connectivity index (χ0) is 18.7. The van der Waals surface area contributed by atoms with Crippen LogP contribution in [0.3, 0.4) is 0 Å². The molecule has 2 N–H and O–H groups in total. The van der Waals surface area contributed by atoms with Gasteiger partial charge >= 0.3 is 0 Å². The van der Waals surface area contributed by atoms with Crippen molar-refractivity contribution < 1.29 is 0 Å². The predicted octanol–water partition coefficient (Wildman–Crippen LogP) is 5.93. The summed E-state index contributed by atoms with van der Waals surface area (Å²) in [5.41, 5.74) is 12.2. The first-order valence-corrected chi connectivity index (χ1v) is 10.9. The number of fused-ring (bicyclic) bond motifs is 1. The van der Waals surface area contributed by atoms with E-state index in [2.05, 4.69) is 58.2 Å². The highest BCUT2D eigenvalue weighted by Crippen LogP contribution is 2.50. The number of nitrogens with zero attached hydrogens (tertiary/aromatic N) is 1. The molecule has 1 heterocycles. The first-order valence-electron chi connectivity index (χ1n) is 9.98. The molecule has 2 aliphatic carbocycles. The third kappa shape index (κ3) is 2.93. The Hall–Kier alpha value is -1.19. The van der Waals surface area contributed by atoms with E-state index in [0.29, 0.717) is 6.04 Å². The van der Waals surface area contributed by atoms with Crippen LogP contribution in [0.4, 0.5) is 0 Å². The van der Waals surface area contributed by atoms with Gasteiger partial charge in [-0.25, -0.2) is 4.98 Å². The average molecular weight is 369 g/mol. The number of thiazole rings is 1. The molecule has 2 nitrogen and oxygen atoms in total. The Balaban J connectivity index is 1.67. The first-order chi connectivity index (χ1) is 12.1. The summed E-state index contributed by atoms with van der Waals surface area (Å²) in [6.45, 7) is 11.9. The van der Waals surface area contributed by atoms with Gasteiger partial charge in [-0.2, -0.15) is 0 Å². The lowest BCUT2D eigenvalue weighted by molar-refractivity contribution is 0.292. The van der Waals surface area contributed by atoms with E-state index >= 15 is 0 Å². The standard InChI is InChI=1S/C23H32N2S/c1-21(2)14-22(3,4)18-12-15(6-7-17(18)21)19-13-26-20(25-19)23(5)10-8-16(24)9-11-23/h6-7,12-13,16H,8-11,14,24H2,1-5H3. The monoisotopic (exact) mass is 368 g/mol. The molecule has 0 amide bonds. The second kappa shape index (κ2) is 5.90. The summed E-state index contributed by atoms with van der Waals surface area (Å²) < 4.78 is 0. The lowest BCUT2D eigenvalue weighted by Gasteiger charge is -2.34. The molecule has 1 fully saturated rings. The van der Waals surface area contributed by atoms with Crippen LogP contribution in [-0.4, -0.2) is 11.0 Å². The van der Waals surface area contributed by atoms with Crippen molar-refractivity contribution >= 4 is 11.3 Å². The van der Waals surface area contributed by atoms with Gasteiger partial charge in [0.2, 0.25) is 0 Å². The van der Waals surface area contributed by atoms with E-state index in [-0.39, 0.29) is 16.2 Å². The molecule has 1 aromatic carbocycles. The first kappa shape index (κ1) is 18.2. The summed E-state index contributed by atoms with van der Waals surface area (Å²) in [5.74, 6) is 0. The summed E-state index contributed by atoms with van der Waals surface area (Å²) in [7, 11) is 0. The number of hydrogen-bond acceptors (Lipinski definition) is 3. The number of benzene rings is 1. The molecule has 0 radical (unpaired) electrons. The van der Waals surface area contributed by atoms with Crippen molar-refractivity contribution in [3.63, 3.8) is 0 Å². The topological polar surface area (TPSA) is 38.9 Å². The molecule has 1 saturated carbocycles. The SMILES string of the molecule is CC1(C)CC(C)(C)c2cc(-c3csc(C4(C)CCC(N)CC4)n3)ccc21. The Kier molecular flexibility index (Phi) is 4.13. The molecule has 0 atom stereocenters. The fraction of sp³-hybridized carbons (Fsp3) is 0.609. The Labute approximate surface area is 162 Å². The lowest BCUT2D eigenvalue weighted by atomic mass is 9.74. The van der Waals surface area contributed by atoms with Crippen molar-refractivity contribution in [3.8, 4) is 11.3 Å². The molecule has 26 heavy (non-hydrogen) atoms. The van der Waals surface area contributed by atoms with Crippen molar-refractivity contribution in [1.82, 2.24) is 4.98 Å². The largest absolute Gasteiger partial charge is 0.328 e. The molecule has 0 bridgehead atoms. The molecule has 0 unspecified atom stereocenters. The van der Waals surface area contributed by atoms with Crippen molar-refractivity contribution in [3.05, 3.63) is 39.7 Å². The van der Waals surface area contributed by atoms with Crippen molar-refractivity contribution in [1.29, 1.82) is 0 Å². The second-order valence-corrected chi connectivity index (χ2v) is 11.0. The summed E-state index contributed by atoms with van der Waals surface area (Å²) in [5, 5.41) is 3.55. The summed E-state index contributed by atoms with van der Waals surface area (Å²) in [6, 6.07) is 7.41. The molecule has 0 spiro atoms. The molecule has 2 aliphatic rings. The lowest BCUT2D eigenvalue weighted by Crippen LogP contribution is -2.34. The minimum atomic E-state index is 0.205. The maximum Gasteiger partial charge on any atom is 0.0991 e. The quantitative estimate of drug-likeness (QED) is 0.713. The fourth-order valence-electron chi connectivity index (χ4n) is 5.32. The molecular weight excluding hydrogens is 336 g/mol. The minimum Gasteiger partial charge on any atom is -0.328 e. The van der Waals surface area contributed by atoms with Gasteiger partial charge in [-0.05, 0) is 60.1 Å². The average Bonchev–Trinajstić information content (AvgIpc) is 3.13. The van der Waals surface area contributed by atoms with E-state index in [1.54, 1.807) is 0 Å². The van der Waals surface area contributed by atoms with Crippen LogP contribution in [-0.2, 0) is 16.2 Å². The van der Waals surface area contributed by atoms with Gasteiger partial charge in [-0.1, -0.05) is 46.8 Å². The molecular formula is C23H32N2S. The van der Waals surface area contributed by atoms with Gasteiger partial charge < -0.3 is 5.73 Å². The molecule has 1 aromatic heterocycles. The van der Waals surface area contributed by atoms with Crippen molar-refractivity contribution in [2.75, 3.05) is 0 Å². The highest BCUT2D eigenvalue weighted by Gasteiger charge is 2.42. The van der Waals surface area contributed by atoms with E-state index in [1.807, 2.05) is 11.3 Å². The Morgan fingerprint density at radius 3 is 2.35 bits per heavy atom. The van der Waals surface area contributed by atoms with Gasteiger partial charge in [0.25, 0.3) is 0 Å². The van der Waals surface area contributed by atoms with Gasteiger partial charge in [0, 0.05) is 22.4 Å². The highest BCUT2D eigenvalue weighted by atomic mass is 32.1. The molecule has 0 aliphatic heterocycles. The number of hydrogen-bond donors (Lipinski definition) is 1. The van der Waals surface area contributed by atoms with Gasteiger partial charge in [0.1, 0.15) is 0 Å². The number of nitrogens with two attached hydrogens (primary N) is 1. The predicted molar refractivity (Wildman–Crippen MR) is 112 cm³/mol. The molecule has 3 heteroatoms. The van der Waals surface area contributed by atoms with Crippen LogP contribution in [0.2, 0.25) is 0 Å². The molecule has 140 valence electrons. The van der Waals surface area contributed by atoms with Gasteiger partial charge in [0.05, 0.1) is 10.7 Å². The minimum absolute atomic E-state index is 0.205. The maximum absolute atomic E-state index is 6.11. The van der Waals surface area contributed by atoms with Crippen LogP contribution < -0.4 is 5.73 Å². The van der Waals surface area contributed by atoms with E-state index < -0.39 is 0 Å². The van der Waals surface area contributed by atoms with E-state index in [4.69, 9.17) is 10.7 Å². The van der Waals surface area contributed by atoms with Crippen LogP contribution in [0.5, 0.6) is 0 Å². The van der Waals surface area contributed by atoms with Crippen LogP contribution in [0, 0.1) is 0 Å². The third-order valence-corrected chi connectivity index (χ3v) is 7.96. The zero-order valence-electron chi connectivity index (χ0n) is 16.9. The van der Waals surface area contributed by atoms with E-state index in [9.17, 15) is 0 Å². The summed E-state index contributed by atoms with van der Waals surface area (Å²) in [6.07, 6.45) is 5.76. The van der Waals surface area contributed by atoms with Crippen molar-refractivity contribution in [2.24, 2.45) is 5.73 Å².